The molecule has 0 atom stereocenters. The Morgan fingerprint density at radius 2 is 1.87 bits per heavy atom. The second kappa shape index (κ2) is 6.79. The number of nitrogens with zero attached hydrogens (tertiary/aromatic N) is 1. The van der Waals surface area contributed by atoms with Crippen LogP contribution in [0.2, 0.25) is 0 Å². The molecule has 118 valence electrons. The summed E-state index contributed by atoms with van der Waals surface area (Å²) in [6.07, 6.45) is 1.25. The van der Waals surface area contributed by atoms with E-state index in [0.717, 1.165) is 22.3 Å². The van der Waals surface area contributed by atoms with Gasteiger partial charge in [0.05, 0.1) is 10.2 Å². The first-order chi connectivity index (χ1) is 11.2. The number of hydrogen-bond acceptors (Lipinski definition) is 3. The normalized spacial score (nSPS) is 10.8. The number of aromatic nitrogens is 1. The molecule has 5 heteroatoms. The molecule has 0 bridgehead atoms. The predicted octanol–water partition coefficient (Wildman–Crippen LogP) is 3.65. The minimum absolute atomic E-state index is 0.0219. The van der Waals surface area contributed by atoms with Gasteiger partial charge >= 0.3 is 4.87 Å². The molecule has 0 aliphatic carbocycles. The smallest absolute Gasteiger partial charge is 0.308 e. The van der Waals surface area contributed by atoms with Gasteiger partial charge in [0.1, 0.15) is 0 Å². The van der Waals surface area contributed by atoms with E-state index in [1.54, 1.807) is 4.57 Å². The zero-order chi connectivity index (χ0) is 16.2. The number of amides is 1. The second-order valence-corrected chi connectivity index (χ2v) is 6.33. The number of rotatable bonds is 5. The van der Waals surface area contributed by atoms with Crippen molar-refractivity contribution >= 4 is 33.1 Å². The van der Waals surface area contributed by atoms with Gasteiger partial charge in [0.15, 0.2) is 0 Å². The quantitative estimate of drug-likeness (QED) is 0.778. The van der Waals surface area contributed by atoms with E-state index in [4.69, 9.17) is 0 Å². The molecule has 23 heavy (non-hydrogen) atoms. The van der Waals surface area contributed by atoms with Gasteiger partial charge in [-0.15, -0.1) is 0 Å². The summed E-state index contributed by atoms with van der Waals surface area (Å²) < 4.78 is 2.62. The number of carbonyl (C=O) groups excluding carboxylic acids is 1. The molecule has 0 saturated heterocycles. The summed E-state index contributed by atoms with van der Waals surface area (Å²) in [6.45, 7) is 2.48. The van der Waals surface area contributed by atoms with Gasteiger partial charge in [0.25, 0.3) is 0 Å². The molecule has 4 nitrogen and oxygen atoms in total. The van der Waals surface area contributed by atoms with Crippen molar-refractivity contribution in [2.75, 3.05) is 5.32 Å². The maximum atomic E-state index is 12.1. The van der Waals surface area contributed by atoms with Gasteiger partial charge in [-0.05, 0) is 36.2 Å². The summed E-state index contributed by atoms with van der Waals surface area (Å²) in [4.78, 5) is 24.1. The molecular weight excluding hydrogens is 308 g/mol. The van der Waals surface area contributed by atoms with Crippen molar-refractivity contribution in [2.45, 2.75) is 26.3 Å². The number of anilines is 1. The van der Waals surface area contributed by atoms with Crippen LogP contribution in [0.4, 0.5) is 5.69 Å². The maximum absolute atomic E-state index is 12.1. The molecule has 2 aromatic carbocycles. The van der Waals surface area contributed by atoms with E-state index in [0.29, 0.717) is 6.54 Å². The number of benzene rings is 2. The molecule has 0 spiro atoms. The third-order valence-corrected chi connectivity index (χ3v) is 4.74. The third kappa shape index (κ3) is 3.51. The summed E-state index contributed by atoms with van der Waals surface area (Å²) in [7, 11) is 0. The number of nitrogens with one attached hydrogen (secondary N) is 1. The first-order valence-corrected chi connectivity index (χ1v) is 8.46. The molecule has 1 aromatic heterocycles. The largest absolute Gasteiger partial charge is 0.326 e. The highest BCUT2D eigenvalue weighted by atomic mass is 32.1. The van der Waals surface area contributed by atoms with Crippen molar-refractivity contribution in [3.05, 3.63) is 63.8 Å². The highest BCUT2D eigenvalue weighted by Gasteiger charge is 2.09. The lowest BCUT2D eigenvalue weighted by molar-refractivity contribution is -0.116. The molecule has 0 aliphatic heterocycles. The van der Waals surface area contributed by atoms with Crippen molar-refractivity contribution in [3.63, 3.8) is 0 Å². The van der Waals surface area contributed by atoms with Gasteiger partial charge in [0.2, 0.25) is 5.91 Å². The highest BCUT2D eigenvalue weighted by Crippen LogP contribution is 2.17. The van der Waals surface area contributed by atoms with Gasteiger partial charge in [0, 0.05) is 18.7 Å². The average Bonchev–Trinajstić information content (AvgIpc) is 2.89. The van der Waals surface area contributed by atoms with Crippen LogP contribution in [0.15, 0.2) is 53.3 Å². The fraction of sp³-hybridized carbons (Fsp3) is 0.222. The molecule has 1 heterocycles. The summed E-state index contributed by atoms with van der Waals surface area (Å²) in [5.74, 6) is -0.0866. The first kappa shape index (κ1) is 15.5. The third-order valence-electron chi connectivity index (χ3n) is 3.78. The molecule has 0 aliphatic rings. The molecule has 0 unspecified atom stereocenters. The molecule has 1 amide bonds. The fourth-order valence-electron chi connectivity index (χ4n) is 2.49. The van der Waals surface area contributed by atoms with E-state index in [-0.39, 0.29) is 17.2 Å². The van der Waals surface area contributed by atoms with Crippen LogP contribution < -0.4 is 10.2 Å². The van der Waals surface area contributed by atoms with Crippen LogP contribution in [-0.4, -0.2) is 10.5 Å². The SMILES string of the molecule is CCc1ccc(NC(=O)CCn2c(=O)sc3ccccc32)cc1. The van der Waals surface area contributed by atoms with E-state index < -0.39 is 0 Å². The van der Waals surface area contributed by atoms with Crippen molar-refractivity contribution in [2.24, 2.45) is 0 Å². The Morgan fingerprint density at radius 1 is 1.13 bits per heavy atom. The average molecular weight is 326 g/mol. The summed E-state index contributed by atoms with van der Waals surface area (Å²) in [5, 5.41) is 2.87. The van der Waals surface area contributed by atoms with Crippen molar-refractivity contribution < 1.29 is 4.79 Å². The van der Waals surface area contributed by atoms with Crippen molar-refractivity contribution in [1.82, 2.24) is 4.57 Å². The molecule has 1 N–H and O–H groups in total. The van der Waals surface area contributed by atoms with Crippen LogP contribution in [0.25, 0.3) is 10.2 Å². The number of hydrogen-bond donors (Lipinski definition) is 1. The van der Waals surface area contributed by atoms with Crippen LogP contribution in [0.5, 0.6) is 0 Å². The molecule has 0 saturated carbocycles. The van der Waals surface area contributed by atoms with Gasteiger partial charge in [-0.3, -0.25) is 14.2 Å². The lowest BCUT2D eigenvalue weighted by Gasteiger charge is -2.07. The van der Waals surface area contributed by atoms with Gasteiger partial charge in [-0.1, -0.05) is 42.5 Å². The summed E-state index contributed by atoms with van der Waals surface area (Å²) in [6, 6.07) is 15.5. The fourth-order valence-corrected chi connectivity index (χ4v) is 3.40. The van der Waals surface area contributed by atoms with E-state index in [2.05, 4.69) is 12.2 Å². The van der Waals surface area contributed by atoms with E-state index in [1.165, 1.54) is 16.9 Å². The topological polar surface area (TPSA) is 51.1 Å². The van der Waals surface area contributed by atoms with E-state index in [1.807, 2.05) is 48.5 Å². The minimum Gasteiger partial charge on any atom is -0.326 e. The number of carbonyl (C=O) groups is 1. The number of para-hydroxylation sites is 1. The Balaban J connectivity index is 1.66. The standard InChI is InChI=1S/C18H18N2O2S/c1-2-13-7-9-14(10-8-13)19-17(21)11-12-20-15-5-3-4-6-16(15)23-18(20)22/h3-10H,2,11-12H2,1H3,(H,19,21). The summed E-state index contributed by atoms with van der Waals surface area (Å²) >= 11 is 1.21. The molecular formula is C18H18N2O2S. The Labute approximate surface area is 138 Å². The zero-order valence-electron chi connectivity index (χ0n) is 12.9. The zero-order valence-corrected chi connectivity index (χ0v) is 13.7. The van der Waals surface area contributed by atoms with Crippen LogP contribution in [-0.2, 0) is 17.8 Å². The molecule has 0 radical (unpaired) electrons. The predicted molar refractivity (Wildman–Crippen MR) is 95.2 cm³/mol. The van der Waals surface area contributed by atoms with Crippen LogP contribution in [0.3, 0.4) is 0 Å². The molecule has 3 rings (SSSR count). The van der Waals surface area contributed by atoms with Gasteiger partial charge < -0.3 is 5.32 Å². The van der Waals surface area contributed by atoms with Gasteiger partial charge in [-0.25, -0.2) is 0 Å². The van der Waals surface area contributed by atoms with Crippen LogP contribution >= 0.6 is 11.3 Å². The summed E-state index contributed by atoms with van der Waals surface area (Å²) in [5.41, 5.74) is 2.91. The molecule has 3 aromatic rings. The Kier molecular flexibility index (Phi) is 4.57. The second-order valence-electron chi connectivity index (χ2n) is 5.34. The van der Waals surface area contributed by atoms with Crippen LogP contribution in [0, 0.1) is 0 Å². The van der Waals surface area contributed by atoms with E-state index >= 15 is 0 Å². The van der Waals surface area contributed by atoms with Crippen molar-refractivity contribution in [3.8, 4) is 0 Å². The van der Waals surface area contributed by atoms with E-state index in [9.17, 15) is 9.59 Å². The maximum Gasteiger partial charge on any atom is 0.308 e. The highest BCUT2D eigenvalue weighted by molar-refractivity contribution is 7.16. The Bertz CT molecular complexity index is 878. The minimum atomic E-state index is -0.0866. The lowest BCUT2D eigenvalue weighted by atomic mass is 10.1. The number of thiazole rings is 1. The van der Waals surface area contributed by atoms with Crippen molar-refractivity contribution in [1.29, 1.82) is 0 Å². The Morgan fingerprint density at radius 3 is 2.61 bits per heavy atom. The number of fused-ring (bicyclic) bond motifs is 1. The lowest BCUT2D eigenvalue weighted by Crippen LogP contribution is -2.19. The Hall–Kier alpha value is -2.40. The van der Waals surface area contributed by atoms with Crippen LogP contribution in [0.1, 0.15) is 18.9 Å². The first-order valence-electron chi connectivity index (χ1n) is 7.64. The monoisotopic (exact) mass is 326 g/mol. The molecule has 0 fully saturated rings. The number of aryl methyl sites for hydroxylation is 2. The van der Waals surface area contributed by atoms with Gasteiger partial charge in [-0.2, -0.15) is 0 Å².